The molecule has 1 aromatic rings. The van der Waals surface area contributed by atoms with Gasteiger partial charge in [-0.2, -0.15) is 0 Å². The molecule has 1 nitrogen and oxygen atoms in total. The second-order valence-electron chi connectivity index (χ2n) is 1.80. The van der Waals surface area contributed by atoms with Crippen LogP contribution in [0.5, 0.6) is 0 Å². The van der Waals surface area contributed by atoms with Crippen molar-refractivity contribution in [2.24, 2.45) is 0 Å². The molecule has 0 aromatic heterocycles. The Labute approximate surface area is 74.4 Å². The number of thiol groups is 1. The monoisotopic (exact) mass is 197 g/mol. The lowest BCUT2D eigenvalue weighted by Crippen LogP contribution is -1.92. The summed E-state index contributed by atoms with van der Waals surface area (Å²) in [5.74, 6) is -1.93. The van der Waals surface area contributed by atoms with Gasteiger partial charge in [0.2, 0.25) is 0 Å². The van der Waals surface area contributed by atoms with Gasteiger partial charge >= 0.3 is 0 Å². The van der Waals surface area contributed by atoms with Crippen LogP contribution >= 0.6 is 25.0 Å². The van der Waals surface area contributed by atoms with Crippen molar-refractivity contribution in [3.63, 3.8) is 0 Å². The zero-order chi connectivity index (χ0) is 7.72. The van der Waals surface area contributed by atoms with Gasteiger partial charge in [-0.1, -0.05) is 0 Å². The van der Waals surface area contributed by atoms with Gasteiger partial charge in [-0.3, -0.25) is 0 Å². The van der Waals surface area contributed by atoms with Gasteiger partial charge in [-0.05, 0) is 12.1 Å². The Morgan fingerprint density at radius 1 is 1.27 bits per heavy atom. The molecular formula is C6H6ClF2NS. The molecule has 5 heteroatoms. The number of nitrogens with two attached hydrogens (primary N) is 1. The van der Waals surface area contributed by atoms with Gasteiger partial charge < -0.3 is 5.73 Å². The highest BCUT2D eigenvalue weighted by Crippen LogP contribution is 2.21. The molecule has 0 radical (unpaired) electrons. The van der Waals surface area contributed by atoms with Crippen LogP contribution in [0.15, 0.2) is 17.0 Å². The van der Waals surface area contributed by atoms with Crippen molar-refractivity contribution in [1.29, 1.82) is 0 Å². The van der Waals surface area contributed by atoms with Gasteiger partial charge in [0.1, 0.15) is 0 Å². The van der Waals surface area contributed by atoms with Crippen molar-refractivity contribution >= 4 is 30.7 Å². The quantitative estimate of drug-likeness (QED) is 0.484. The summed E-state index contributed by atoms with van der Waals surface area (Å²) in [5, 5.41) is 0. The minimum Gasteiger partial charge on any atom is -0.398 e. The molecule has 0 atom stereocenters. The van der Waals surface area contributed by atoms with E-state index in [4.69, 9.17) is 5.73 Å². The molecule has 62 valence electrons. The Hall–Kier alpha value is -0.480. The van der Waals surface area contributed by atoms with E-state index in [1.165, 1.54) is 6.07 Å². The molecule has 0 saturated heterocycles. The zero-order valence-electron chi connectivity index (χ0n) is 5.34. The SMILES string of the molecule is Cl.Nc1ccc(F)c(F)c1S. The van der Waals surface area contributed by atoms with E-state index in [-0.39, 0.29) is 23.0 Å². The lowest BCUT2D eigenvalue weighted by atomic mass is 10.3. The molecular weight excluding hydrogens is 192 g/mol. The van der Waals surface area contributed by atoms with Crippen molar-refractivity contribution in [3.8, 4) is 0 Å². The van der Waals surface area contributed by atoms with Crippen molar-refractivity contribution in [2.45, 2.75) is 4.90 Å². The van der Waals surface area contributed by atoms with Gasteiger partial charge in [0.05, 0.1) is 4.90 Å². The summed E-state index contributed by atoms with van der Waals surface area (Å²) in [5.41, 5.74) is 5.35. The molecule has 0 amide bonds. The molecule has 0 bridgehead atoms. The zero-order valence-corrected chi connectivity index (χ0v) is 7.05. The second kappa shape index (κ2) is 3.78. The Balaban J connectivity index is 0.000001000. The molecule has 2 N–H and O–H groups in total. The maximum absolute atomic E-state index is 12.5. The number of hydrogen-bond donors (Lipinski definition) is 2. The summed E-state index contributed by atoms with van der Waals surface area (Å²) in [6.45, 7) is 0. The van der Waals surface area contributed by atoms with Crippen LogP contribution in [-0.4, -0.2) is 0 Å². The highest BCUT2D eigenvalue weighted by atomic mass is 35.5. The van der Waals surface area contributed by atoms with E-state index in [0.29, 0.717) is 0 Å². The Morgan fingerprint density at radius 3 is 2.27 bits per heavy atom. The van der Waals surface area contributed by atoms with Crippen LogP contribution in [0.25, 0.3) is 0 Å². The van der Waals surface area contributed by atoms with E-state index in [1.54, 1.807) is 0 Å². The van der Waals surface area contributed by atoms with Gasteiger partial charge in [0.25, 0.3) is 0 Å². The predicted octanol–water partition coefficient (Wildman–Crippen LogP) is 2.26. The maximum atomic E-state index is 12.5. The molecule has 0 spiro atoms. The van der Waals surface area contributed by atoms with Crippen molar-refractivity contribution in [1.82, 2.24) is 0 Å². The second-order valence-corrected chi connectivity index (χ2v) is 2.25. The number of halogens is 3. The number of benzene rings is 1. The summed E-state index contributed by atoms with van der Waals surface area (Å²) in [7, 11) is 0. The van der Waals surface area contributed by atoms with Gasteiger partial charge in [0.15, 0.2) is 11.6 Å². The standard InChI is InChI=1S/C6H5F2NS.ClH/c7-3-1-2-4(9)6(10)5(3)8;/h1-2,10H,9H2;1H. The first-order valence-electron chi connectivity index (χ1n) is 2.55. The largest absolute Gasteiger partial charge is 0.398 e. The van der Waals surface area contributed by atoms with Crippen LogP contribution in [-0.2, 0) is 0 Å². The summed E-state index contributed by atoms with van der Waals surface area (Å²) < 4.78 is 24.7. The fraction of sp³-hybridized carbons (Fsp3) is 0. The molecule has 1 aromatic carbocycles. The van der Waals surface area contributed by atoms with E-state index in [0.717, 1.165) is 6.07 Å². The molecule has 0 aliphatic heterocycles. The summed E-state index contributed by atoms with van der Waals surface area (Å²) in [6, 6.07) is 2.23. The van der Waals surface area contributed by atoms with Crippen LogP contribution in [0.3, 0.4) is 0 Å². The summed E-state index contributed by atoms with van der Waals surface area (Å²) in [4.78, 5) is -0.139. The lowest BCUT2D eigenvalue weighted by Gasteiger charge is -1.99. The first-order chi connectivity index (χ1) is 4.63. The van der Waals surface area contributed by atoms with E-state index in [2.05, 4.69) is 12.6 Å². The van der Waals surface area contributed by atoms with Gasteiger partial charge in [-0.15, -0.1) is 25.0 Å². The first kappa shape index (κ1) is 10.5. The smallest absolute Gasteiger partial charge is 0.174 e. The van der Waals surface area contributed by atoms with Gasteiger partial charge in [-0.25, -0.2) is 8.78 Å². The number of nitrogen functional groups attached to an aromatic ring is 1. The Morgan fingerprint density at radius 2 is 1.82 bits per heavy atom. The van der Waals surface area contributed by atoms with E-state index < -0.39 is 11.6 Å². The Kier molecular flexibility index (Phi) is 3.62. The fourth-order valence-corrected chi connectivity index (χ4v) is 0.736. The highest BCUT2D eigenvalue weighted by Gasteiger charge is 2.06. The summed E-state index contributed by atoms with van der Waals surface area (Å²) in [6.07, 6.45) is 0. The third kappa shape index (κ3) is 1.97. The Bertz CT molecular complexity index is 240. The average molecular weight is 198 g/mol. The topological polar surface area (TPSA) is 26.0 Å². The highest BCUT2D eigenvalue weighted by molar-refractivity contribution is 7.80. The third-order valence-electron chi connectivity index (χ3n) is 1.10. The van der Waals surface area contributed by atoms with E-state index in [1.807, 2.05) is 0 Å². The number of hydrogen-bond acceptors (Lipinski definition) is 2. The summed E-state index contributed by atoms with van der Waals surface area (Å²) >= 11 is 3.64. The molecule has 11 heavy (non-hydrogen) atoms. The molecule has 0 unspecified atom stereocenters. The van der Waals surface area contributed by atoms with E-state index in [9.17, 15) is 8.78 Å². The van der Waals surface area contributed by atoms with Crippen LogP contribution in [0, 0.1) is 11.6 Å². The first-order valence-corrected chi connectivity index (χ1v) is 3.00. The van der Waals surface area contributed by atoms with Crippen LogP contribution in [0.4, 0.5) is 14.5 Å². The van der Waals surface area contributed by atoms with Crippen LogP contribution in [0.2, 0.25) is 0 Å². The van der Waals surface area contributed by atoms with Crippen molar-refractivity contribution < 1.29 is 8.78 Å². The van der Waals surface area contributed by atoms with E-state index >= 15 is 0 Å². The van der Waals surface area contributed by atoms with Crippen LogP contribution < -0.4 is 5.73 Å². The lowest BCUT2D eigenvalue weighted by molar-refractivity contribution is 0.493. The molecule has 0 heterocycles. The van der Waals surface area contributed by atoms with Gasteiger partial charge in [0, 0.05) is 5.69 Å². The minimum atomic E-state index is -0.997. The predicted molar refractivity (Wildman–Crippen MR) is 45.3 cm³/mol. The van der Waals surface area contributed by atoms with Crippen molar-refractivity contribution in [2.75, 3.05) is 5.73 Å². The van der Waals surface area contributed by atoms with Crippen molar-refractivity contribution in [3.05, 3.63) is 23.8 Å². The van der Waals surface area contributed by atoms with Crippen LogP contribution in [0.1, 0.15) is 0 Å². The normalized spacial score (nSPS) is 9.00. The maximum Gasteiger partial charge on any atom is 0.174 e. The number of anilines is 1. The molecule has 0 aliphatic carbocycles. The average Bonchev–Trinajstić information content (AvgIpc) is 1.93. The third-order valence-corrected chi connectivity index (χ3v) is 1.55. The molecule has 0 saturated carbocycles. The fourth-order valence-electron chi connectivity index (χ4n) is 0.555. The molecule has 0 aliphatic rings. The molecule has 1 rings (SSSR count). The number of rotatable bonds is 0. The minimum absolute atomic E-state index is 0. The molecule has 0 fully saturated rings.